The van der Waals surface area contributed by atoms with Gasteiger partial charge >= 0.3 is 0 Å². The van der Waals surface area contributed by atoms with Gasteiger partial charge in [0.1, 0.15) is 5.76 Å². The summed E-state index contributed by atoms with van der Waals surface area (Å²) >= 11 is 0. The Morgan fingerprint density at radius 3 is 2.60 bits per heavy atom. The van der Waals surface area contributed by atoms with E-state index in [0.29, 0.717) is 37.5 Å². The number of benzene rings is 1. The molecule has 0 spiro atoms. The second kappa shape index (κ2) is 7.38. The Balaban J connectivity index is 1.73. The van der Waals surface area contributed by atoms with Crippen LogP contribution < -0.4 is 5.32 Å². The molecule has 2 heterocycles. The van der Waals surface area contributed by atoms with Gasteiger partial charge in [0.2, 0.25) is 10.0 Å². The van der Waals surface area contributed by atoms with E-state index in [2.05, 4.69) is 10.2 Å². The Kier molecular flexibility index (Phi) is 5.22. The Morgan fingerprint density at radius 1 is 1.16 bits per heavy atom. The van der Waals surface area contributed by atoms with Crippen molar-refractivity contribution in [2.45, 2.75) is 11.4 Å². The second-order valence-electron chi connectivity index (χ2n) is 6.00. The Hall–Kier alpha value is -2.16. The Labute approximate surface area is 147 Å². The predicted octanol–water partition coefficient (Wildman–Crippen LogP) is 1.15. The van der Waals surface area contributed by atoms with E-state index in [4.69, 9.17) is 4.42 Å². The molecule has 1 saturated heterocycles. The van der Waals surface area contributed by atoms with Crippen LogP contribution in [0.1, 0.15) is 16.1 Å². The number of hydrogen-bond donors (Lipinski definition) is 1. The van der Waals surface area contributed by atoms with Gasteiger partial charge in [-0.3, -0.25) is 4.79 Å². The average molecular weight is 363 g/mol. The molecular formula is C17H21N3O4S. The molecule has 0 unspecified atom stereocenters. The van der Waals surface area contributed by atoms with E-state index in [1.54, 1.807) is 24.3 Å². The zero-order chi connectivity index (χ0) is 17.9. The molecule has 1 aromatic carbocycles. The number of carbonyl (C=O) groups excluding carboxylic acids is 1. The molecule has 1 aliphatic rings. The molecule has 0 aliphatic carbocycles. The third-order valence-corrected chi connectivity index (χ3v) is 6.09. The zero-order valence-electron chi connectivity index (χ0n) is 14.0. The van der Waals surface area contributed by atoms with Gasteiger partial charge in [0.15, 0.2) is 0 Å². The van der Waals surface area contributed by atoms with Gasteiger partial charge in [0.05, 0.1) is 17.7 Å². The fourth-order valence-corrected chi connectivity index (χ4v) is 4.13. The first-order valence-corrected chi connectivity index (χ1v) is 9.50. The number of rotatable bonds is 5. The van der Waals surface area contributed by atoms with Crippen LogP contribution in [-0.2, 0) is 16.6 Å². The quantitative estimate of drug-likeness (QED) is 0.862. The van der Waals surface area contributed by atoms with E-state index in [0.717, 1.165) is 0 Å². The smallest absolute Gasteiger partial charge is 0.251 e. The van der Waals surface area contributed by atoms with Crippen molar-refractivity contribution in [2.24, 2.45) is 0 Å². The fraction of sp³-hybridized carbons (Fsp3) is 0.353. The van der Waals surface area contributed by atoms with Crippen LogP contribution in [0.3, 0.4) is 0 Å². The SMILES string of the molecule is CN1CCN(S(=O)(=O)c2cccc(C(=O)NCc3ccco3)c2)CC1. The lowest BCUT2D eigenvalue weighted by Gasteiger charge is -2.31. The number of furan rings is 1. The maximum atomic E-state index is 12.8. The highest BCUT2D eigenvalue weighted by atomic mass is 32.2. The maximum Gasteiger partial charge on any atom is 0.251 e. The first-order chi connectivity index (χ1) is 12.0. The van der Waals surface area contributed by atoms with Crippen molar-refractivity contribution in [2.75, 3.05) is 33.2 Å². The molecule has 0 radical (unpaired) electrons. The van der Waals surface area contributed by atoms with Gasteiger partial charge < -0.3 is 14.6 Å². The summed E-state index contributed by atoms with van der Waals surface area (Å²) < 4.78 is 32.2. The minimum atomic E-state index is -3.59. The van der Waals surface area contributed by atoms with E-state index < -0.39 is 10.0 Å². The minimum absolute atomic E-state index is 0.141. The van der Waals surface area contributed by atoms with Crippen molar-refractivity contribution in [3.05, 3.63) is 54.0 Å². The number of nitrogens with one attached hydrogen (secondary N) is 1. The van der Waals surface area contributed by atoms with Crippen molar-refractivity contribution >= 4 is 15.9 Å². The highest BCUT2D eigenvalue weighted by Crippen LogP contribution is 2.18. The molecule has 134 valence electrons. The Morgan fingerprint density at radius 2 is 1.92 bits per heavy atom. The number of likely N-dealkylation sites (N-methyl/N-ethyl adjacent to an activating group) is 1. The van der Waals surface area contributed by atoms with Crippen LogP contribution in [0.2, 0.25) is 0 Å². The highest BCUT2D eigenvalue weighted by Gasteiger charge is 2.27. The first kappa shape index (κ1) is 17.7. The topological polar surface area (TPSA) is 82.9 Å². The van der Waals surface area contributed by atoms with Gasteiger partial charge in [-0.05, 0) is 37.4 Å². The van der Waals surface area contributed by atoms with Crippen molar-refractivity contribution < 1.29 is 17.6 Å². The fourth-order valence-electron chi connectivity index (χ4n) is 2.66. The van der Waals surface area contributed by atoms with Gasteiger partial charge in [-0.25, -0.2) is 8.42 Å². The number of amides is 1. The molecule has 8 heteroatoms. The van der Waals surface area contributed by atoms with Gasteiger partial charge in [-0.15, -0.1) is 0 Å². The molecule has 3 rings (SSSR count). The van der Waals surface area contributed by atoms with E-state index in [9.17, 15) is 13.2 Å². The number of nitrogens with zero attached hydrogens (tertiary/aromatic N) is 2. The van der Waals surface area contributed by atoms with Gasteiger partial charge in [-0.1, -0.05) is 6.07 Å². The summed E-state index contributed by atoms with van der Waals surface area (Å²) in [5.41, 5.74) is 0.307. The lowest BCUT2D eigenvalue weighted by Crippen LogP contribution is -2.47. The Bertz CT molecular complexity index is 825. The van der Waals surface area contributed by atoms with Crippen LogP contribution in [0.5, 0.6) is 0 Å². The van der Waals surface area contributed by atoms with Crippen LogP contribution in [0.15, 0.2) is 52.0 Å². The molecule has 0 atom stereocenters. The zero-order valence-corrected chi connectivity index (χ0v) is 14.8. The number of hydrogen-bond acceptors (Lipinski definition) is 5. The normalized spacial score (nSPS) is 16.7. The summed E-state index contributed by atoms with van der Waals surface area (Å²) in [5.74, 6) is 0.293. The van der Waals surface area contributed by atoms with Crippen molar-refractivity contribution in [3.63, 3.8) is 0 Å². The van der Waals surface area contributed by atoms with E-state index in [-0.39, 0.29) is 17.3 Å². The largest absolute Gasteiger partial charge is 0.467 e. The predicted molar refractivity (Wildman–Crippen MR) is 92.6 cm³/mol. The van der Waals surface area contributed by atoms with Crippen molar-refractivity contribution in [3.8, 4) is 0 Å². The molecule has 2 aromatic rings. The molecular weight excluding hydrogens is 342 g/mol. The van der Waals surface area contributed by atoms with E-state index >= 15 is 0 Å². The maximum absolute atomic E-state index is 12.8. The lowest BCUT2D eigenvalue weighted by molar-refractivity contribution is 0.0948. The first-order valence-electron chi connectivity index (χ1n) is 8.06. The van der Waals surface area contributed by atoms with Crippen molar-refractivity contribution in [1.82, 2.24) is 14.5 Å². The van der Waals surface area contributed by atoms with Crippen LogP contribution in [0.25, 0.3) is 0 Å². The molecule has 1 N–H and O–H groups in total. The monoisotopic (exact) mass is 363 g/mol. The second-order valence-corrected chi connectivity index (χ2v) is 7.94. The minimum Gasteiger partial charge on any atom is -0.467 e. The van der Waals surface area contributed by atoms with Crippen LogP contribution >= 0.6 is 0 Å². The molecule has 7 nitrogen and oxygen atoms in total. The van der Waals surface area contributed by atoms with Gasteiger partial charge in [0.25, 0.3) is 5.91 Å². The molecule has 1 aromatic heterocycles. The third kappa shape index (κ3) is 4.09. The van der Waals surface area contributed by atoms with Crippen LogP contribution in [-0.4, -0.2) is 56.8 Å². The highest BCUT2D eigenvalue weighted by molar-refractivity contribution is 7.89. The number of piperazine rings is 1. The molecule has 0 saturated carbocycles. The average Bonchev–Trinajstić information content (AvgIpc) is 3.14. The van der Waals surface area contributed by atoms with Crippen molar-refractivity contribution in [1.29, 1.82) is 0 Å². The number of carbonyl (C=O) groups is 1. The number of sulfonamides is 1. The van der Waals surface area contributed by atoms with Gasteiger partial charge in [-0.2, -0.15) is 4.31 Å². The van der Waals surface area contributed by atoms with Crippen LogP contribution in [0, 0.1) is 0 Å². The standard InChI is InChI=1S/C17H21N3O4S/c1-19-7-9-20(10-8-19)25(22,23)16-6-2-4-14(12-16)17(21)18-13-15-5-3-11-24-15/h2-6,11-12H,7-10,13H2,1H3,(H,18,21). The summed E-state index contributed by atoms with van der Waals surface area (Å²) in [6, 6.07) is 9.63. The summed E-state index contributed by atoms with van der Waals surface area (Å²) in [5, 5.41) is 2.72. The molecule has 1 amide bonds. The summed E-state index contributed by atoms with van der Waals surface area (Å²) in [6.45, 7) is 2.55. The van der Waals surface area contributed by atoms with Gasteiger partial charge in [0, 0.05) is 31.7 Å². The van der Waals surface area contributed by atoms with E-state index in [1.165, 1.54) is 22.7 Å². The molecule has 1 fully saturated rings. The molecule has 25 heavy (non-hydrogen) atoms. The summed E-state index contributed by atoms with van der Waals surface area (Å²) in [7, 11) is -1.63. The van der Waals surface area contributed by atoms with E-state index in [1.807, 2.05) is 7.05 Å². The molecule has 1 aliphatic heterocycles. The lowest BCUT2D eigenvalue weighted by atomic mass is 10.2. The summed E-state index contributed by atoms with van der Waals surface area (Å²) in [4.78, 5) is 14.5. The summed E-state index contributed by atoms with van der Waals surface area (Å²) in [6.07, 6.45) is 1.53. The van der Waals surface area contributed by atoms with Crippen LogP contribution in [0.4, 0.5) is 0 Å². The molecule has 0 bridgehead atoms. The third-order valence-electron chi connectivity index (χ3n) is 4.20.